The summed E-state index contributed by atoms with van der Waals surface area (Å²) in [5.41, 5.74) is 0.261. The highest BCUT2D eigenvalue weighted by molar-refractivity contribution is 7.98. The second-order valence-corrected chi connectivity index (χ2v) is 11.2. The molecular weight excluding hydrogens is 519 g/mol. The van der Waals surface area contributed by atoms with Crippen molar-refractivity contribution in [1.82, 2.24) is 0 Å². The van der Waals surface area contributed by atoms with Crippen molar-refractivity contribution in [3.05, 3.63) is 76.3 Å². The van der Waals surface area contributed by atoms with Crippen LogP contribution in [-0.4, -0.2) is 36.8 Å². The normalized spacial score (nSPS) is 12.1. The maximum absolute atomic E-state index is 12.8. The molecule has 0 saturated carbocycles. The standard InChI is InChI=1S/C23H20Cl2N2O5S2/c1-13(34(31,32)17-8-6-16(33-2)7-9-17)22(29)26-19-12-21(28)20(11-18(19)25)27-23(30)14-4-3-5-15(24)10-14/h3-13,28H,1-2H3,(H,26,29)(H,27,30). The summed E-state index contributed by atoms with van der Waals surface area (Å²) in [5.74, 6) is -1.73. The van der Waals surface area contributed by atoms with Gasteiger partial charge in [0, 0.05) is 21.5 Å². The third-order valence-corrected chi connectivity index (χ3v) is 8.27. The molecule has 7 nitrogen and oxygen atoms in total. The van der Waals surface area contributed by atoms with Crippen molar-refractivity contribution in [2.75, 3.05) is 16.9 Å². The van der Waals surface area contributed by atoms with E-state index < -0.39 is 26.9 Å². The van der Waals surface area contributed by atoms with Crippen molar-refractivity contribution in [3.63, 3.8) is 0 Å². The summed E-state index contributed by atoms with van der Waals surface area (Å²) in [7, 11) is -3.96. The Balaban J connectivity index is 1.76. The maximum atomic E-state index is 12.8. The number of amides is 2. The molecule has 0 radical (unpaired) electrons. The molecule has 0 spiro atoms. The van der Waals surface area contributed by atoms with Gasteiger partial charge in [0.25, 0.3) is 5.91 Å². The van der Waals surface area contributed by atoms with Crippen LogP contribution in [0.3, 0.4) is 0 Å². The van der Waals surface area contributed by atoms with E-state index in [-0.39, 0.29) is 32.6 Å². The van der Waals surface area contributed by atoms with Crippen molar-refractivity contribution in [2.24, 2.45) is 0 Å². The Labute approximate surface area is 211 Å². The van der Waals surface area contributed by atoms with Crippen LogP contribution in [0.25, 0.3) is 0 Å². The third kappa shape index (κ3) is 5.85. The number of halogens is 2. The molecule has 11 heteroatoms. The van der Waals surface area contributed by atoms with Gasteiger partial charge in [0.05, 0.1) is 21.3 Å². The molecule has 0 fully saturated rings. The molecule has 0 heterocycles. The number of hydrogen-bond donors (Lipinski definition) is 3. The van der Waals surface area contributed by atoms with Gasteiger partial charge in [-0.25, -0.2) is 8.42 Å². The number of aromatic hydroxyl groups is 1. The Bertz CT molecular complexity index is 1350. The van der Waals surface area contributed by atoms with Crippen molar-refractivity contribution in [3.8, 4) is 5.75 Å². The maximum Gasteiger partial charge on any atom is 0.255 e. The number of rotatable bonds is 7. The fourth-order valence-corrected chi connectivity index (χ4v) is 5.00. The number of nitrogens with one attached hydrogen (secondary N) is 2. The fourth-order valence-electron chi connectivity index (χ4n) is 2.93. The number of sulfone groups is 1. The van der Waals surface area contributed by atoms with Crippen LogP contribution in [0.2, 0.25) is 10.0 Å². The number of benzene rings is 3. The van der Waals surface area contributed by atoms with E-state index in [1.165, 1.54) is 43.0 Å². The zero-order chi connectivity index (χ0) is 25.0. The molecule has 3 N–H and O–H groups in total. The molecule has 0 aliphatic carbocycles. The summed E-state index contributed by atoms with van der Waals surface area (Å²) in [6.07, 6.45) is 1.87. The number of hydrogen-bond acceptors (Lipinski definition) is 6. The van der Waals surface area contributed by atoms with Gasteiger partial charge in [0.1, 0.15) is 11.0 Å². The second kappa shape index (κ2) is 10.7. The molecule has 0 aliphatic rings. The van der Waals surface area contributed by atoms with Crippen LogP contribution in [0.4, 0.5) is 11.4 Å². The molecule has 2 amide bonds. The number of phenolic OH excluding ortho intramolecular Hbond substituents is 1. The average molecular weight is 539 g/mol. The summed E-state index contributed by atoms with van der Waals surface area (Å²) in [4.78, 5) is 26.0. The lowest BCUT2D eigenvalue weighted by Crippen LogP contribution is -2.32. The molecule has 3 rings (SSSR count). The Morgan fingerprint density at radius 2 is 1.65 bits per heavy atom. The molecule has 1 unspecified atom stereocenters. The van der Waals surface area contributed by atoms with Crippen LogP contribution in [0.1, 0.15) is 17.3 Å². The van der Waals surface area contributed by atoms with Crippen LogP contribution >= 0.6 is 35.0 Å². The zero-order valence-corrected chi connectivity index (χ0v) is 21.1. The van der Waals surface area contributed by atoms with Gasteiger partial charge in [-0.05, 0) is 61.7 Å². The molecule has 3 aromatic rings. The zero-order valence-electron chi connectivity index (χ0n) is 18.0. The molecular formula is C23H20Cl2N2O5S2. The molecule has 178 valence electrons. The largest absolute Gasteiger partial charge is 0.506 e. The summed E-state index contributed by atoms with van der Waals surface area (Å²) in [6.45, 7) is 1.26. The van der Waals surface area contributed by atoms with Gasteiger partial charge in [-0.2, -0.15) is 0 Å². The first-order valence-electron chi connectivity index (χ1n) is 9.81. The molecule has 0 aliphatic heterocycles. The summed E-state index contributed by atoms with van der Waals surface area (Å²) < 4.78 is 25.7. The minimum atomic E-state index is -3.96. The van der Waals surface area contributed by atoms with E-state index in [1.807, 2.05) is 6.26 Å². The highest BCUT2D eigenvalue weighted by Gasteiger charge is 2.30. The van der Waals surface area contributed by atoms with E-state index in [4.69, 9.17) is 23.2 Å². The van der Waals surface area contributed by atoms with Gasteiger partial charge in [-0.15, -0.1) is 11.8 Å². The van der Waals surface area contributed by atoms with Crippen LogP contribution < -0.4 is 10.6 Å². The molecule has 0 bridgehead atoms. The molecule has 0 saturated heterocycles. The highest BCUT2D eigenvalue weighted by Crippen LogP contribution is 2.34. The van der Waals surface area contributed by atoms with Gasteiger partial charge >= 0.3 is 0 Å². The van der Waals surface area contributed by atoms with Crippen LogP contribution in [-0.2, 0) is 14.6 Å². The van der Waals surface area contributed by atoms with Crippen LogP contribution in [0.5, 0.6) is 5.75 Å². The van der Waals surface area contributed by atoms with Crippen molar-refractivity contribution in [1.29, 1.82) is 0 Å². The second-order valence-electron chi connectivity index (χ2n) is 7.17. The average Bonchev–Trinajstić information content (AvgIpc) is 2.81. The molecule has 34 heavy (non-hydrogen) atoms. The Morgan fingerprint density at radius 1 is 0.971 bits per heavy atom. The Kier molecular flexibility index (Phi) is 8.14. The first-order chi connectivity index (χ1) is 16.0. The molecule has 3 aromatic carbocycles. The SMILES string of the molecule is CSc1ccc(S(=O)(=O)C(C)C(=O)Nc2cc(O)c(NC(=O)c3cccc(Cl)c3)cc2Cl)cc1. The highest BCUT2D eigenvalue weighted by atomic mass is 35.5. The lowest BCUT2D eigenvalue weighted by atomic mass is 10.2. The number of carbonyl (C=O) groups is 2. The van der Waals surface area contributed by atoms with E-state index in [9.17, 15) is 23.1 Å². The van der Waals surface area contributed by atoms with Gasteiger partial charge in [0.15, 0.2) is 9.84 Å². The quantitative estimate of drug-likeness (QED) is 0.271. The third-order valence-electron chi connectivity index (χ3n) is 4.90. The lowest BCUT2D eigenvalue weighted by Gasteiger charge is -2.16. The van der Waals surface area contributed by atoms with Gasteiger partial charge in [0.2, 0.25) is 5.91 Å². The van der Waals surface area contributed by atoms with Crippen LogP contribution in [0.15, 0.2) is 70.5 Å². The minimum Gasteiger partial charge on any atom is -0.506 e. The van der Waals surface area contributed by atoms with E-state index in [0.29, 0.717) is 5.02 Å². The Hall–Kier alpha value is -2.72. The topological polar surface area (TPSA) is 113 Å². The Morgan fingerprint density at radius 3 is 2.26 bits per heavy atom. The van der Waals surface area contributed by atoms with Gasteiger partial charge < -0.3 is 15.7 Å². The van der Waals surface area contributed by atoms with Crippen molar-refractivity contribution in [2.45, 2.75) is 22.0 Å². The number of thioether (sulfide) groups is 1. The molecule has 1 atom stereocenters. The van der Waals surface area contributed by atoms with E-state index in [0.717, 1.165) is 11.0 Å². The number of anilines is 2. The first-order valence-corrected chi connectivity index (χ1v) is 13.3. The van der Waals surface area contributed by atoms with E-state index in [1.54, 1.807) is 30.3 Å². The molecule has 0 aromatic heterocycles. The van der Waals surface area contributed by atoms with E-state index >= 15 is 0 Å². The van der Waals surface area contributed by atoms with Crippen molar-refractivity contribution >= 4 is 68.0 Å². The van der Waals surface area contributed by atoms with E-state index in [2.05, 4.69) is 10.6 Å². The predicted octanol–water partition coefficient (Wildman–Crippen LogP) is 5.47. The first kappa shape index (κ1) is 25.9. The van der Waals surface area contributed by atoms with Gasteiger partial charge in [-0.3, -0.25) is 9.59 Å². The number of carbonyl (C=O) groups excluding carboxylic acids is 2. The summed E-state index contributed by atoms with van der Waals surface area (Å²) in [5, 5.41) is 14.2. The lowest BCUT2D eigenvalue weighted by molar-refractivity contribution is -0.115. The minimum absolute atomic E-state index is 0.00234. The smallest absolute Gasteiger partial charge is 0.255 e. The van der Waals surface area contributed by atoms with Crippen molar-refractivity contribution < 1.29 is 23.1 Å². The fraction of sp³-hybridized carbons (Fsp3) is 0.130. The van der Waals surface area contributed by atoms with Gasteiger partial charge in [-0.1, -0.05) is 29.3 Å². The number of phenols is 1. The van der Waals surface area contributed by atoms with Crippen LogP contribution in [0, 0.1) is 0 Å². The predicted molar refractivity (Wildman–Crippen MR) is 136 cm³/mol. The summed E-state index contributed by atoms with van der Waals surface area (Å²) >= 11 is 13.6. The monoisotopic (exact) mass is 538 g/mol. The summed E-state index contributed by atoms with van der Waals surface area (Å²) in [6, 6.07) is 14.8.